The minimum absolute atomic E-state index is 0.0842. The Bertz CT molecular complexity index is 776. The van der Waals surface area contributed by atoms with Crippen LogP contribution in [0.1, 0.15) is 29.3 Å². The van der Waals surface area contributed by atoms with Crippen LogP contribution >= 0.6 is 11.6 Å². The van der Waals surface area contributed by atoms with Crippen LogP contribution in [-0.2, 0) is 11.2 Å². The normalized spacial score (nSPS) is 10.3. The maximum absolute atomic E-state index is 12.0. The molecule has 0 saturated heterocycles. The van der Waals surface area contributed by atoms with E-state index in [1.807, 2.05) is 24.3 Å². The van der Waals surface area contributed by atoms with Crippen LogP contribution in [0.15, 0.2) is 42.5 Å². The van der Waals surface area contributed by atoms with Crippen LogP contribution in [0.5, 0.6) is 11.5 Å². The third-order valence-corrected chi connectivity index (χ3v) is 4.07. The zero-order chi connectivity index (χ0) is 18.9. The van der Waals surface area contributed by atoms with Gasteiger partial charge in [-0.3, -0.25) is 9.59 Å². The Morgan fingerprint density at radius 3 is 2.62 bits per heavy atom. The Balaban J connectivity index is 1.86. The number of carbonyl (C=O) groups is 2. The summed E-state index contributed by atoms with van der Waals surface area (Å²) in [6, 6.07) is 12.5. The molecule has 138 valence electrons. The highest BCUT2D eigenvalue weighted by Crippen LogP contribution is 2.24. The van der Waals surface area contributed by atoms with Gasteiger partial charge in [0.25, 0.3) is 5.91 Å². The summed E-state index contributed by atoms with van der Waals surface area (Å²) in [6.07, 6.45) is 0.984. The number of Topliss-reactive ketones (excluding diaryl/α,β-unsaturated/α-hetero) is 1. The van der Waals surface area contributed by atoms with Gasteiger partial charge in [-0.1, -0.05) is 36.7 Å². The number of hydrogen-bond donors (Lipinski definition) is 1. The molecule has 1 N–H and O–H groups in total. The molecule has 6 heteroatoms. The van der Waals surface area contributed by atoms with E-state index in [1.54, 1.807) is 32.2 Å². The molecule has 0 spiro atoms. The van der Waals surface area contributed by atoms with Crippen molar-refractivity contribution in [2.75, 3.05) is 20.3 Å². The summed E-state index contributed by atoms with van der Waals surface area (Å²) >= 11 is 5.93. The predicted molar refractivity (Wildman–Crippen MR) is 101 cm³/mol. The molecule has 0 aliphatic rings. The van der Waals surface area contributed by atoms with E-state index in [1.165, 1.54) is 0 Å². The van der Waals surface area contributed by atoms with Gasteiger partial charge in [0.15, 0.2) is 12.4 Å². The monoisotopic (exact) mass is 375 g/mol. The lowest BCUT2D eigenvalue weighted by Crippen LogP contribution is -2.30. The van der Waals surface area contributed by atoms with E-state index in [0.29, 0.717) is 35.7 Å². The van der Waals surface area contributed by atoms with Crippen LogP contribution in [-0.4, -0.2) is 32.0 Å². The van der Waals surface area contributed by atoms with Crippen molar-refractivity contribution >= 4 is 23.3 Å². The van der Waals surface area contributed by atoms with E-state index < -0.39 is 0 Å². The fourth-order valence-electron chi connectivity index (χ4n) is 2.48. The first-order chi connectivity index (χ1) is 12.5. The number of halogens is 1. The largest absolute Gasteiger partial charge is 0.496 e. The van der Waals surface area contributed by atoms with Crippen LogP contribution in [0.3, 0.4) is 0 Å². The third-order valence-electron chi connectivity index (χ3n) is 3.83. The SMILES string of the molecule is CCC(=O)c1cc(Cl)ccc1OCC(=O)NCCc1ccccc1OC. The molecule has 0 unspecified atom stereocenters. The highest BCUT2D eigenvalue weighted by atomic mass is 35.5. The standard InChI is InChI=1S/C20H22ClNO4/c1-3-17(23)16-12-15(21)8-9-19(16)26-13-20(24)22-11-10-14-6-4-5-7-18(14)25-2/h4-9,12H,3,10-11,13H2,1-2H3,(H,22,24). The Hall–Kier alpha value is -2.53. The van der Waals surface area contributed by atoms with Gasteiger partial charge in [0.1, 0.15) is 11.5 Å². The predicted octanol–water partition coefficient (Wildman–Crippen LogP) is 3.68. The first-order valence-electron chi connectivity index (χ1n) is 8.39. The molecule has 0 radical (unpaired) electrons. The lowest BCUT2D eigenvalue weighted by molar-refractivity contribution is -0.123. The molecule has 0 atom stereocenters. The second-order valence-corrected chi connectivity index (χ2v) is 6.05. The molecule has 2 aromatic rings. The maximum atomic E-state index is 12.0. The third kappa shape index (κ3) is 5.49. The number of ether oxygens (including phenoxy) is 2. The molecular formula is C20H22ClNO4. The quantitative estimate of drug-likeness (QED) is 0.679. The minimum atomic E-state index is -0.259. The zero-order valence-electron chi connectivity index (χ0n) is 14.9. The lowest BCUT2D eigenvalue weighted by atomic mass is 10.1. The summed E-state index contributed by atoms with van der Waals surface area (Å²) in [7, 11) is 1.62. The van der Waals surface area contributed by atoms with E-state index in [-0.39, 0.29) is 18.3 Å². The Morgan fingerprint density at radius 2 is 1.88 bits per heavy atom. The smallest absolute Gasteiger partial charge is 0.257 e. The molecule has 0 aliphatic carbocycles. The second-order valence-electron chi connectivity index (χ2n) is 5.62. The topological polar surface area (TPSA) is 64.6 Å². The van der Waals surface area contributed by atoms with Gasteiger partial charge in [0, 0.05) is 18.0 Å². The number of para-hydroxylation sites is 1. The Morgan fingerprint density at radius 1 is 1.12 bits per heavy atom. The number of carbonyl (C=O) groups excluding carboxylic acids is 2. The molecule has 26 heavy (non-hydrogen) atoms. The molecule has 0 aliphatic heterocycles. The van der Waals surface area contributed by atoms with E-state index in [2.05, 4.69) is 5.32 Å². The minimum Gasteiger partial charge on any atom is -0.496 e. The fraction of sp³-hybridized carbons (Fsp3) is 0.300. The molecule has 0 bridgehead atoms. The van der Waals surface area contributed by atoms with E-state index in [9.17, 15) is 9.59 Å². The molecule has 2 aromatic carbocycles. The van der Waals surface area contributed by atoms with Gasteiger partial charge in [-0.05, 0) is 36.2 Å². The van der Waals surface area contributed by atoms with Gasteiger partial charge in [0.2, 0.25) is 0 Å². The van der Waals surface area contributed by atoms with Gasteiger partial charge >= 0.3 is 0 Å². The highest BCUT2D eigenvalue weighted by molar-refractivity contribution is 6.31. The number of amides is 1. The highest BCUT2D eigenvalue weighted by Gasteiger charge is 2.13. The summed E-state index contributed by atoms with van der Waals surface area (Å²) in [5.74, 6) is 0.812. The van der Waals surface area contributed by atoms with Crippen molar-refractivity contribution in [1.82, 2.24) is 5.32 Å². The van der Waals surface area contributed by atoms with Gasteiger partial charge in [-0.25, -0.2) is 0 Å². The van der Waals surface area contributed by atoms with E-state index in [0.717, 1.165) is 11.3 Å². The molecular weight excluding hydrogens is 354 g/mol. The van der Waals surface area contributed by atoms with Crippen molar-refractivity contribution in [3.63, 3.8) is 0 Å². The average molecular weight is 376 g/mol. The van der Waals surface area contributed by atoms with Crippen LogP contribution in [0.25, 0.3) is 0 Å². The molecule has 2 rings (SSSR count). The van der Waals surface area contributed by atoms with Crippen LogP contribution in [0.4, 0.5) is 0 Å². The molecule has 0 heterocycles. The van der Waals surface area contributed by atoms with Gasteiger partial charge in [-0.15, -0.1) is 0 Å². The van der Waals surface area contributed by atoms with Crippen LogP contribution in [0, 0.1) is 0 Å². The molecule has 5 nitrogen and oxygen atoms in total. The fourth-order valence-corrected chi connectivity index (χ4v) is 2.65. The zero-order valence-corrected chi connectivity index (χ0v) is 15.6. The van der Waals surface area contributed by atoms with Crippen molar-refractivity contribution < 1.29 is 19.1 Å². The molecule has 0 fully saturated rings. The first kappa shape index (κ1) is 19.8. The lowest BCUT2D eigenvalue weighted by Gasteiger charge is -2.12. The van der Waals surface area contributed by atoms with Gasteiger partial charge < -0.3 is 14.8 Å². The number of benzene rings is 2. The van der Waals surface area contributed by atoms with Crippen LogP contribution in [0.2, 0.25) is 5.02 Å². The van der Waals surface area contributed by atoms with E-state index in [4.69, 9.17) is 21.1 Å². The van der Waals surface area contributed by atoms with Crippen LogP contribution < -0.4 is 14.8 Å². The number of nitrogens with one attached hydrogen (secondary N) is 1. The van der Waals surface area contributed by atoms with Crippen molar-refractivity contribution in [3.8, 4) is 11.5 Å². The Labute approximate surface area is 158 Å². The summed E-state index contributed by atoms with van der Waals surface area (Å²) in [5.41, 5.74) is 1.41. The average Bonchev–Trinajstić information content (AvgIpc) is 2.66. The molecule has 1 amide bonds. The summed E-state index contributed by atoms with van der Waals surface area (Å²) in [6.45, 7) is 2.05. The summed E-state index contributed by atoms with van der Waals surface area (Å²) < 4.78 is 10.8. The maximum Gasteiger partial charge on any atom is 0.257 e. The Kier molecular flexibility index (Phi) is 7.48. The van der Waals surface area contributed by atoms with E-state index >= 15 is 0 Å². The van der Waals surface area contributed by atoms with Crippen molar-refractivity contribution in [2.24, 2.45) is 0 Å². The number of ketones is 1. The van der Waals surface area contributed by atoms with Gasteiger partial charge in [0.05, 0.1) is 12.7 Å². The summed E-state index contributed by atoms with van der Waals surface area (Å²) in [4.78, 5) is 24.0. The van der Waals surface area contributed by atoms with Crippen molar-refractivity contribution in [2.45, 2.75) is 19.8 Å². The molecule has 0 aromatic heterocycles. The van der Waals surface area contributed by atoms with Gasteiger partial charge in [-0.2, -0.15) is 0 Å². The number of methoxy groups -OCH3 is 1. The summed E-state index contributed by atoms with van der Waals surface area (Å²) in [5, 5.41) is 3.25. The second kappa shape index (κ2) is 9.82. The van der Waals surface area contributed by atoms with Crippen molar-refractivity contribution in [3.05, 3.63) is 58.6 Å². The molecule has 0 saturated carbocycles. The number of rotatable bonds is 9. The number of hydrogen-bond acceptors (Lipinski definition) is 4. The van der Waals surface area contributed by atoms with Crippen molar-refractivity contribution in [1.29, 1.82) is 0 Å². The first-order valence-corrected chi connectivity index (χ1v) is 8.77.